The number of hydrogen-bond acceptors (Lipinski definition) is 3. The molecular weight excluding hydrogens is 188 g/mol. The van der Waals surface area contributed by atoms with Gasteiger partial charge in [0.1, 0.15) is 0 Å². The van der Waals surface area contributed by atoms with Gasteiger partial charge in [0.05, 0.1) is 0 Å². The van der Waals surface area contributed by atoms with E-state index in [1.54, 1.807) is 28.5 Å². The van der Waals surface area contributed by atoms with Crippen molar-refractivity contribution in [1.29, 1.82) is 0 Å². The monoisotopic (exact) mass is 198 g/mol. The SMILES string of the molecule is CSSc1ccc(C(C)=O)cc1. The lowest BCUT2D eigenvalue weighted by molar-refractivity contribution is 0.101. The van der Waals surface area contributed by atoms with Crippen molar-refractivity contribution in [2.45, 2.75) is 11.8 Å². The summed E-state index contributed by atoms with van der Waals surface area (Å²) in [6.45, 7) is 1.58. The maximum atomic E-state index is 10.9. The van der Waals surface area contributed by atoms with Crippen molar-refractivity contribution in [1.82, 2.24) is 0 Å². The van der Waals surface area contributed by atoms with Gasteiger partial charge < -0.3 is 0 Å². The van der Waals surface area contributed by atoms with Crippen molar-refractivity contribution in [3.8, 4) is 0 Å². The lowest BCUT2D eigenvalue weighted by Crippen LogP contribution is -1.89. The Bertz CT molecular complexity index is 266. The van der Waals surface area contributed by atoms with Gasteiger partial charge in [-0.3, -0.25) is 4.79 Å². The predicted octanol–water partition coefficient (Wildman–Crippen LogP) is 3.26. The first-order chi connectivity index (χ1) is 5.74. The van der Waals surface area contributed by atoms with E-state index in [0.717, 1.165) is 5.56 Å². The zero-order valence-corrected chi connectivity index (χ0v) is 8.67. The standard InChI is InChI=1S/C9H10OS2/c1-7(10)8-3-5-9(6-4-8)12-11-2/h3-6H,1-2H3. The molecule has 0 aliphatic carbocycles. The third-order valence-electron chi connectivity index (χ3n) is 1.44. The Morgan fingerprint density at radius 3 is 2.25 bits per heavy atom. The average Bonchev–Trinajstić information content (AvgIpc) is 2.06. The molecule has 0 fully saturated rings. The molecule has 1 nitrogen and oxygen atoms in total. The summed E-state index contributed by atoms with van der Waals surface area (Å²) in [7, 11) is 3.40. The Hall–Kier alpha value is -0.410. The summed E-state index contributed by atoms with van der Waals surface area (Å²) in [6.07, 6.45) is 2.03. The highest BCUT2D eigenvalue weighted by atomic mass is 33.1. The van der Waals surface area contributed by atoms with E-state index in [4.69, 9.17) is 0 Å². The van der Waals surface area contributed by atoms with Crippen molar-refractivity contribution in [2.24, 2.45) is 0 Å². The minimum Gasteiger partial charge on any atom is -0.295 e. The van der Waals surface area contributed by atoms with Gasteiger partial charge in [0, 0.05) is 10.5 Å². The number of benzene rings is 1. The highest BCUT2D eigenvalue weighted by Gasteiger charge is 1.98. The molecule has 0 bridgehead atoms. The van der Waals surface area contributed by atoms with Crippen molar-refractivity contribution < 1.29 is 4.79 Å². The molecule has 64 valence electrons. The molecule has 0 spiro atoms. The van der Waals surface area contributed by atoms with Crippen LogP contribution in [0.2, 0.25) is 0 Å². The number of rotatable bonds is 3. The van der Waals surface area contributed by atoms with Crippen LogP contribution in [-0.4, -0.2) is 12.0 Å². The smallest absolute Gasteiger partial charge is 0.159 e. The lowest BCUT2D eigenvalue weighted by atomic mass is 10.2. The second-order valence-corrected chi connectivity index (χ2v) is 4.80. The molecule has 0 aliphatic rings. The molecule has 0 N–H and O–H groups in total. The van der Waals surface area contributed by atoms with Crippen LogP contribution in [0.15, 0.2) is 29.2 Å². The Morgan fingerprint density at radius 1 is 1.25 bits per heavy atom. The minimum absolute atomic E-state index is 0.121. The Labute approximate surface area is 80.3 Å². The first-order valence-corrected chi connectivity index (χ1v) is 6.11. The maximum Gasteiger partial charge on any atom is 0.159 e. The van der Waals surface area contributed by atoms with E-state index in [9.17, 15) is 4.79 Å². The Morgan fingerprint density at radius 2 is 1.83 bits per heavy atom. The second-order valence-electron chi connectivity index (χ2n) is 2.33. The van der Waals surface area contributed by atoms with Crippen molar-refractivity contribution in [3.05, 3.63) is 29.8 Å². The highest BCUT2D eigenvalue weighted by Crippen LogP contribution is 2.28. The molecule has 0 saturated carbocycles. The van der Waals surface area contributed by atoms with Crippen molar-refractivity contribution >= 4 is 27.4 Å². The fraction of sp³-hybridized carbons (Fsp3) is 0.222. The van der Waals surface area contributed by atoms with E-state index in [2.05, 4.69) is 0 Å². The fourth-order valence-electron chi connectivity index (χ4n) is 0.841. The minimum atomic E-state index is 0.121. The summed E-state index contributed by atoms with van der Waals surface area (Å²) in [6, 6.07) is 7.66. The molecule has 0 radical (unpaired) electrons. The molecule has 0 amide bonds. The number of Topliss-reactive ketones (excluding diaryl/α,β-unsaturated/α-hetero) is 1. The number of carbonyl (C=O) groups is 1. The van der Waals surface area contributed by atoms with Gasteiger partial charge in [-0.2, -0.15) is 0 Å². The average molecular weight is 198 g/mol. The quantitative estimate of drug-likeness (QED) is 0.548. The van der Waals surface area contributed by atoms with Gasteiger partial charge in [-0.1, -0.05) is 33.7 Å². The fourth-order valence-corrected chi connectivity index (χ4v) is 2.19. The third kappa shape index (κ3) is 2.57. The van der Waals surface area contributed by atoms with Gasteiger partial charge >= 0.3 is 0 Å². The van der Waals surface area contributed by atoms with Gasteiger partial charge in [-0.05, 0) is 25.3 Å². The van der Waals surface area contributed by atoms with Crippen LogP contribution in [-0.2, 0) is 0 Å². The van der Waals surface area contributed by atoms with E-state index < -0.39 is 0 Å². The van der Waals surface area contributed by atoms with Gasteiger partial charge in [0.15, 0.2) is 5.78 Å². The zero-order valence-electron chi connectivity index (χ0n) is 7.03. The number of carbonyl (C=O) groups excluding carboxylic acids is 1. The topological polar surface area (TPSA) is 17.1 Å². The summed E-state index contributed by atoms with van der Waals surface area (Å²) in [5.74, 6) is 0.121. The highest BCUT2D eigenvalue weighted by molar-refractivity contribution is 8.76. The first-order valence-electron chi connectivity index (χ1n) is 3.55. The molecule has 0 aromatic heterocycles. The molecular formula is C9H10OS2. The van der Waals surface area contributed by atoms with E-state index >= 15 is 0 Å². The predicted molar refractivity (Wildman–Crippen MR) is 55.8 cm³/mol. The van der Waals surface area contributed by atoms with Crippen LogP contribution in [0.3, 0.4) is 0 Å². The first kappa shape index (κ1) is 9.68. The molecule has 0 heterocycles. The van der Waals surface area contributed by atoms with Crippen molar-refractivity contribution in [3.63, 3.8) is 0 Å². The lowest BCUT2D eigenvalue weighted by Gasteiger charge is -1.98. The molecule has 1 aromatic carbocycles. The van der Waals surface area contributed by atoms with E-state index in [1.165, 1.54) is 4.90 Å². The van der Waals surface area contributed by atoms with Gasteiger partial charge in [0.25, 0.3) is 0 Å². The normalized spacial score (nSPS) is 9.83. The number of ketones is 1. The van der Waals surface area contributed by atoms with Crippen molar-refractivity contribution in [2.75, 3.05) is 6.26 Å². The number of hydrogen-bond donors (Lipinski definition) is 0. The summed E-state index contributed by atoms with van der Waals surface area (Å²) in [5.41, 5.74) is 0.778. The molecule has 0 unspecified atom stereocenters. The molecule has 12 heavy (non-hydrogen) atoms. The van der Waals surface area contributed by atoms with E-state index in [-0.39, 0.29) is 5.78 Å². The molecule has 1 aromatic rings. The largest absolute Gasteiger partial charge is 0.295 e. The van der Waals surface area contributed by atoms with E-state index in [1.807, 2.05) is 30.5 Å². The molecule has 3 heteroatoms. The van der Waals surface area contributed by atoms with Crippen LogP contribution in [0.5, 0.6) is 0 Å². The maximum absolute atomic E-state index is 10.9. The molecule has 0 aliphatic heterocycles. The van der Waals surface area contributed by atoms with Crippen LogP contribution in [0.4, 0.5) is 0 Å². The van der Waals surface area contributed by atoms with Crippen LogP contribution in [0.25, 0.3) is 0 Å². The Kier molecular flexibility index (Phi) is 3.69. The van der Waals surface area contributed by atoms with Crippen LogP contribution >= 0.6 is 21.6 Å². The summed E-state index contributed by atoms with van der Waals surface area (Å²) >= 11 is 0. The summed E-state index contributed by atoms with van der Waals surface area (Å²) in [5, 5.41) is 0. The molecule has 0 saturated heterocycles. The third-order valence-corrected chi connectivity index (χ3v) is 3.15. The van der Waals surface area contributed by atoms with Gasteiger partial charge in [-0.15, -0.1) is 0 Å². The van der Waals surface area contributed by atoms with Crippen LogP contribution in [0, 0.1) is 0 Å². The van der Waals surface area contributed by atoms with Crippen LogP contribution in [0.1, 0.15) is 17.3 Å². The Balaban J connectivity index is 2.78. The summed E-state index contributed by atoms with van der Waals surface area (Å²) in [4.78, 5) is 12.1. The van der Waals surface area contributed by atoms with E-state index in [0.29, 0.717) is 0 Å². The molecule has 1 rings (SSSR count). The molecule has 0 atom stereocenters. The van der Waals surface area contributed by atoms with Gasteiger partial charge in [0.2, 0.25) is 0 Å². The summed E-state index contributed by atoms with van der Waals surface area (Å²) < 4.78 is 0. The zero-order chi connectivity index (χ0) is 8.97. The second kappa shape index (κ2) is 4.58. The van der Waals surface area contributed by atoms with Gasteiger partial charge in [-0.25, -0.2) is 0 Å². The van der Waals surface area contributed by atoms with Crippen LogP contribution < -0.4 is 0 Å².